The van der Waals surface area contributed by atoms with Gasteiger partial charge in [-0.2, -0.15) is 0 Å². The Balaban J connectivity index is 2.30. The van der Waals surface area contributed by atoms with E-state index in [0.29, 0.717) is 0 Å². The number of nitrogens with zero attached hydrogens (tertiary/aromatic N) is 1. The SMILES string of the molecule is CC1(C)c2sccc2-c2nccc3cccc1c23. The quantitative estimate of drug-likeness (QED) is 0.569. The molecule has 4 rings (SSSR count). The Morgan fingerprint density at radius 2 is 2.00 bits per heavy atom. The molecule has 0 saturated heterocycles. The van der Waals surface area contributed by atoms with Crippen molar-refractivity contribution in [2.75, 3.05) is 0 Å². The first-order valence-electron chi connectivity index (χ1n) is 6.16. The number of thiophene rings is 1. The fourth-order valence-electron chi connectivity index (χ4n) is 3.06. The Labute approximate surface area is 110 Å². The van der Waals surface area contributed by atoms with E-state index in [0.717, 1.165) is 5.69 Å². The summed E-state index contributed by atoms with van der Waals surface area (Å²) < 4.78 is 0. The molecular formula is C16H13NS. The van der Waals surface area contributed by atoms with E-state index in [-0.39, 0.29) is 5.41 Å². The van der Waals surface area contributed by atoms with Crippen LogP contribution >= 0.6 is 11.3 Å². The van der Waals surface area contributed by atoms with Crippen LogP contribution in [0.2, 0.25) is 0 Å². The van der Waals surface area contributed by atoms with Gasteiger partial charge in [0, 0.05) is 27.4 Å². The molecule has 1 aliphatic rings. The van der Waals surface area contributed by atoms with Crippen molar-refractivity contribution in [1.29, 1.82) is 0 Å². The molecule has 0 atom stereocenters. The second-order valence-corrected chi connectivity index (χ2v) is 6.27. The lowest BCUT2D eigenvalue weighted by molar-refractivity contribution is 0.659. The van der Waals surface area contributed by atoms with Crippen LogP contribution in [0.3, 0.4) is 0 Å². The molecule has 3 aromatic rings. The van der Waals surface area contributed by atoms with Crippen molar-refractivity contribution in [3.05, 3.63) is 52.3 Å². The molecule has 1 nitrogen and oxygen atoms in total. The van der Waals surface area contributed by atoms with Crippen molar-refractivity contribution in [1.82, 2.24) is 4.98 Å². The molecule has 2 heteroatoms. The number of fused-ring (bicyclic) bond motifs is 2. The largest absolute Gasteiger partial charge is 0.256 e. The molecule has 18 heavy (non-hydrogen) atoms. The summed E-state index contributed by atoms with van der Waals surface area (Å²) in [4.78, 5) is 6.05. The van der Waals surface area contributed by atoms with Gasteiger partial charge in [-0.1, -0.05) is 32.0 Å². The molecule has 88 valence electrons. The van der Waals surface area contributed by atoms with E-state index in [1.54, 1.807) is 0 Å². The van der Waals surface area contributed by atoms with E-state index < -0.39 is 0 Å². The molecule has 0 N–H and O–H groups in total. The molecule has 2 heterocycles. The average Bonchev–Trinajstić information content (AvgIpc) is 2.86. The van der Waals surface area contributed by atoms with Crippen molar-refractivity contribution < 1.29 is 0 Å². The molecular weight excluding hydrogens is 238 g/mol. The lowest BCUT2D eigenvalue weighted by Crippen LogP contribution is -2.22. The summed E-state index contributed by atoms with van der Waals surface area (Å²) in [5, 5.41) is 4.80. The van der Waals surface area contributed by atoms with Gasteiger partial charge in [0.15, 0.2) is 0 Å². The summed E-state index contributed by atoms with van der Waals surface area (Å²) in [7, 11) is 0. The molecule has 0 bridgehead atoms. The van der Waals surface area contributed by atoms with Gasteiger partial charge in [-0.25, -0.2) is 0 Å². The lowest BCUT2D eigenvalue weighted by atomic mass is 9.74. The minimum atomic E-state index is 0.0824. The first-order valence-corrected chi connectivity index (χ1v) is 7.04. The Kier molecular flexibility index (Phi) is 1.83. The smallest absolute Gasteiger partial charge is 0.0794 e. The zero-order valence-electron chi connectivity index (χ0n) is 10.4. The van der Waals surface area contributed by atoms with Gasteiger partial charge in [0.05, 0.1) is 5.69 Å². The number of aromatic nitrogens is 1. The van der Waals surface area contributed by atoms with Gasteiger partial charge in [-0.15, -0.1) is 11.3 Å². The second-order valence-electron chi connectivity index (χ2n) is 5.35. The number of rotatable bonds is 0. The van der Waals surface area contributed by atoms with Crippen LogP contribution in [-0.2, 0) is 5.41 Å². The summed E-state index contributed by atoms with van der Waals surface area (Å²) in [5.41, 5.74) is 3.95. The van der Waals surface area contributed by atoms with E-state index in [9.17, 15) is 0 Å². The van der Waals surface area contributed by atoms with Crippen LogP contribution in [-0.4, -0.2) is 4.98 Å². The van der Waals surface area contributed by atoms with Gasteiger partial charge >= 0.3 is 0 Å². The van der Waals surface area contributed by atoms with Crippen LogP contribution in [0.5, 0.6) is 0 Å². The van der Waals surface area contributed by atoms with E-state index in [1.165, 1.54) is 26.8 Å². The Morgan fingerprint density at radius 3 is 2.89 bits per heavy atom. The predicted octanol–water partition coefficient (Wildman–Crippen LogP) is 4.60. The van der Waals surface area contributed by atoms with Gasteiger partial charge in [0.1, 0.15) is 0 Å². The Morgan fingerprint density at radius 1 is 1.11 bits per heavy atom. The summed E-state index contributed by atoms with van der Waals surface area (Å²) in [6.07, 6.45) is 1.92. The molecule has 0 saturated carbocycles. The highest BCUT2D eigenvalue weighted by molar-refractivity contribution is 7.10. The first kappa shape index (κ1) is 10.3. The van der Waals surface area contributed by atoms with Crippen molar-refractivity contribution in [3.8, 4) is 11.3 Å². The predicted molar refractivity (Wildman–Crippen MR) is 77.2 cm³/mol. The monoisotopic (exact) mass is 251 g/mol. The van der Waals surface area contributed by atoms with Crippen LogP contribution in [0.15, 0.2) is 41.9 Å². The molecule has 1 aromatic carbocycles. The number of hydrogen-bond donors (Lipinski definition) is 0. The zero-order valence-corrected chi connectivity index (χ0v) is 11.2. The minimum Gasteiger partial charge on any atom is -0.256 e. The van der Waals surface area contributed by atoms with Crippen molar-refractivity contribution >= 4 is 22.1 Å². The summed E-state index contributed by atoms with van der Waals surface area (Å²) >= 11 is 1.84. The third-order valence-corrected chi connectivity index (χ3v) is 5.19. The van der Waals surface area contributed by atoms with Gasteiger partial charge in [-0.05, 0) is 28.5 Å². The van der Waals surface area contributed by atoms with E-state index in [2.05, 4.69) is 54.5 Å². The summed E-state index contributed by atoms with van der Waals surface area (Å²) in [6.45, 7) is 4.63. The number of pyridine rings is 1. The number of benzene rings is 1. The average molecular weight is 251 g/mol. The van der Waals surface area contributed by atoms with Gasteiger partial charge < -0.3 is 0 Å². The van der Waals surface area contributed by atoms with Gasteiger partial charge in [-0.3, -0.25) is 4.98 Å². The fourth-order valence-corrected chi connectivity index (χ4v) is 4.09. The van der Waals surface area contributed by atoms with Gasteiger partial charge in [0.2, 0.25) is 0 Å². The van der Waals surface area contributed by atoms with Crippen molar-refractivity contribution in [3.63, 3.8) is 0 Å². The van der Waals surface area contributed by atoms with Crippen LogP contribution in [0.4, 0.5) is 0 Å². The lowest BCUT2D eigenvalue weighted by Gasteiger charge is -2.31. The van der Waals surface area contributed by atoms with E-state index in [1.807, 2.05) is 17.5 Å². The molecule has 0 aliphatic heterocycles. The third kappa shape index (κ3) is 1.09. The normalized spacial score (nSPS) is 15.7. The van der Waals surface area contributed by atoms with Crippen molar-refractivity contribution in [2.24, 2.45) is 0 Å². The number of hydrogen-bond acceptors (Lipinski definition) is 2. The third-order valence-electron chi connectivity index (χ3n) is 3.95. The van der Waals surface area contributed by atoms with Crippen LogP contribution in [0.25, 0.3) is 22.0 Å². The maximum Gasteiger partial charge on any atom is 0.0794 e. The standard InChI is InChI=1S/C16H13NS/c1-16(2)12-5-3-4-10-6-8-17-14(13(10)12)11-7-9-18-15(11)16/h3-9H,1-2H3. The molecule has 0 fully saturated rings. The van der Waals surface area contributed by atoms with E-state index in [4.69, 9.17) is 0 Å². The summed E-state index contributed by atoms with van der Waals surface area (Å²) in [5.74, 6) is 0. The topological polar surface area (TPSA) is 12.9 Å². The van der Waals surface area contributed by atoms with Crippen LogP contribution < -0.4 is 0 Å². The first-order chi connectivity index (χ1) is 8.69. The highest BCUT2D eigenvalue weighted by atomic mass is 32.1. The maximum absolute atomic E-state index is 4.62. The molecule has 0 amide bonds. The van der Waals surface area contributed by atoms with Crippen LogP contribution in [0.1, 0.15) is 24.3 Å². The molecule has 0 spiro atoms. The second kappa shape index (κ2) is 3.21. The Bertz CT molecular complexity index is 762. The summed E-state index contributed by atoms with van der Waals surface area (Å²) in [6, 6.07) is 10.9. The van der Waals surface area contributed by atoms with Crippen LogP contribution in [0, 0.1) is 0 Å². The van der Waals surface area contributed by atoms with Crippen molar-refractivity contribution in [2.45, 2.75) is 19.3 Å². The highest BCUT2D eigenvalue weighted by Gasteiger charge is 2.34. The zero-order chi connectivity index (χ0) is 12.3. The van der Waals surface area contributed by atoms with Gasteiger partial charge in [0.25, 0.3) is 0 Å². The minimum absolute atomic E-state index is 0.0824. The molecule has 1 aliphatic carbocycles. The fraction of sp³-hybridized carbons (Fsp3) is 0.188. The van der Waals surface area contributed by atoms with E-state index >= 15 is 0 Å². The Hall–Kier alpha value is -1.67. The molecule has 2 aromatic heterocycles. The molecule has 0 unspecified atom stereocenters. The highest BCUT2D eigenvalue weighted by Crippen LogP contribution is 2.49. The molecule has 0 radical (unpaired) electrons. The maximum atomic E-state index is 4.62.